The number of nitrogen functional groups attached to an aromatic ring is 1. The zero-order valence-corrected chi connectivity index (χ0v) is 11.7. The zero-order chi connectivity index (χ0) is 15.1. The summed E-state index contributed by atoms with van der Waals surface area (Å²) in [4.78, 5) is 11.2. The van der Waals surface area contributed by atoms with E-state index in [1.807, 2.05) is 36.4 Å². The lowest BCUT2D eigenvalue weighted by Gasteiger charge is -2.12. The topological polar surface area (TPSA) is 90.4 Å². The highest BCUT2D eigenvalue weighted by molar-refractivity contribution is 6.00. The Kier molecular flexibility index (Phi) is 5.04. The van der Waals surface area contributed by atoms with Crippen LogP contribution in [-0.2, 0) is 0 Å². The molecule has 0 aromatic heterocycles. The number of benzene rings is 2. The molecule has 0 radical (unpaired) electrons. The Morgan fingerprint density at radius 3 is 2.57 bits per heavy atom. The van der Waals surface area contributed by atoms with Gasteiger partial charge in [-0.25, -0.2) is 0 Å². The average molecular weight is 285 g/mol. The number of ether oxygens (including phenoxy) is 1. The number of nitrogens with two attached hydrogens (primary N) is 2. The maximum Gasteiger partial charge on any atom is 0.250 e. The number of carbonyl (C=O) groups is 1. The summed E-state index contributed by atoms with van der Waals surface area (Å²) >= 11 is 0. The third kappa shape index (κ3) is 4.14. The van der Waals surface area contributed by atoms with E-state index in [9.17, 15) is 4.79 Å². The standard InChI is InChI=1S/C16H19N3O2/c17-15-13(16(18)20)8-4-9-14(15)19-10-5-11-21-12-6-2-1-3-7-12/h1-4,6-9,19H,5,10-11,17H2,(H2,18,20). The molecule has 1 amide bonds. The fourth-order valence-electron chi connectivity index (χ4n) is 1.94. The molecule has 0 saturated heterocycles. The average Bonchev–Trinajstić information content (AvgIpc) is 2.49. The van der Waals surface area contributed by atoms with Gasteiger partial charge >= 0.3 is 0 Å². The Balaban J connectivity index is 1.79. The first-order valence-electron chi connectivity index (χ1n) is 6.78. The third-order valence-electron chi connectivity index (χ3n) is 3.02. The molecule has 2 aromatic rings. The molecule has 0 heterocycles. The van der Waals surface area contributed by atoms with Crippen molar-refractivity contribution in [3.05, 3.63) is 54.1 Å². The second-order valence-electron chi connectivity index (χ2n) is 4.57. The molecule has 0 spiro atoms. The maximum absolute atomic E-state index is 11.2. The molecule has 0 aliphatic carbocycles. The van der Waals surface area contributed by atoms with E-state index < -0.39 is 5.91 Å². The molecule has 5 nitrogen and oxygen atoms in total. The highest BCUT2D eigenvalue weighted by Crippen LogP contribution is 2.22. The van der Waals surface area contributed by atoms with Crippen molar-refractivity contribution in [3.8, 4) is 5.75 Å². The number of anilines is 2. The van der Waals surface area contributed by atoms with E-state index in [1.54, 1.807) is 12.1 Å². The molecule has 5 N–H and O–H groups in total. The van der Waals surface area contributed by atoms with E-state index in [0.29, 0.717) is 30.1 Å². The van der Waals surface area contributed by atoms with Crippen LogP contribution in [0.5, 0.6) is 5.75 Å². The summed E-state index contributed by atoms with van der Waals surface area (Å²) in [5.74, 6) is 0.330. The molecule has 0 bridgehead atoms. The van der Waals surface area contributed by atoms with Gasteiger partial charge in [0.15, 0.2) is 0 Å². The molecule has 0 atom stereocenters. The summed E-state index contributed by atoms with van der Waals surface area (Å²) in [6.07, 6.45) is 0.815. The van der Waals surface area contributed by atoms with Gasteiger partial charge in [-0.15, -0.1) is 0 Å². The molecule has 5 heteroatoms. The lowest BCUT2D eigenvalue weighted by atomic mass is 10.1. The van der Waals surface area contributed by atoms with Crippen LogP contribution in [0.25, 0.3) is 0 Å². The van der Waals surface area contributed by atoms with Gasteiger partial charge in [-0.2, -0.15) is 0 Å². The van der Waals surface area contributed by atoms with E-state index >= 15 is 0 Å². The summed E-state index contributed by atoms with van der Waals surface area (Å²) < 4.78 is 5.59. The van der Waals surface area contributed by atoms with Crippen molar-refractivity contribution in [3.63, 3.8) is 0 Å². The highest BCUT2D eigenvalue weighted by Gasteiger charge is 2.08. The minimum Gasteiger partial charge on any atom is -0.494 e. The van der Waals surface area contributed by atoms with Crippen LogP contribution in [0.4, 0.5) is 11.4 Å². The molecule has 0 unspecified atom stereocenters. The SMILES string of the molecule is NC(=O)c1cccc(NCCCOc2ccccc2)c1N. The van der Waals surface area contributed by atoms with Crippen molar-refractivity contribution in [2.24, 2.45) is 5.73 Å². The number of amides is 1. The number of primary amides is 1. The van der Waals surface area contributed by atoms with Crippen LogP contribution in [-0.4, -0.2) is 19.1 Å². The van der Waals surface area contributed by atoms with Crippen LogP contribution in [0.3, 0.4) is 0 Å². The summed E-state index contributed by atoms with van der Waals surface area (Å²) in [5, 5.41) is 3.18. The van der Waals surface area contributed by atoms with Crippen molar-refractivity contribution >= 4 is 17.3 Å². The van der Waals surface area contributed by atoms with Gasteiger partial charge in [0.2, 0.25) is 0 Å². The minimum absolute atomic E-state index is 0.334. The monoisotopic (exact) mass is 285 g/mol. The van der Waals surface area contributed by atoms with Crippen molar-refractivity contribution in [1.29, 1.82) is 0 Å². The van der Waals surface area contributed by atoms with E-state index in [2.05, 4.69) is 5.32 Å². The molecule has 21 heavy (non-hydrogen) atoms. The Morgan fingerprint density at radius 1 is 1.10 bits per heavy atom. The number of hydrogen-bond donors (Lipinski definition) is 3. The first-order chi connectivity index (χ1) is 10.2. The molecular formula is C16H19N3O2. The Morgan fingerprint density at radius 2 is 1.86 bits per heavy atom. The lowest BCUT2D eigenvalue weighted by molar-refractivity contribution is 0.100. The molecule has 2 rings (SSSR count). The van der Waals surface area contributed by atoms with E-state index in [0.717, 1.165) is 12.2 Å². The fraction of sp³-hybridized carbons (Fsp3) is 0.188. The summed E-state index contributed by atoms with van der Waals surface area (Å²) in [7, 11) is 0. The predicted molar refractivity (Wildman–Crippen MR) is 84.4 cm³/mol. The molecule has 0 fully saturated rings. The summed E-state index contributed by atoms with van der Waals surface area (Å²) in [6.45, 7) is 1.30. The van der Waals surface area contributed by atoms with E-state index in [1.165, 1.54) is 0 Å². The molecule has 0 saturated carbocycles. The first-order valence-corrected chi connectivity index (χ1v) is 6.78. The first kappa shape index (κ1) is 14.7. The number of rotatable bonds is 7. The van der Waals surface area contributed by atoms with E-state index in [4.69, 9.17) is 16.2 Å². The van der Waals surface area contributed by atoms with Crippen molar-refractivity contribution in [2.75, 3.05) is 24.2 Å². The number of carbonyl (C=O) groups excluding carboxylic acids is 1. The highest BCUT2D eigenvalue weighted by atomic mass is 16.5. The number of nitrogens with one attached hydrogen (secondary N) is 1. The van der Waals surface area contributed by atoms with Gasteiger partial charge in [-0.1, -0.05) is 24.3 Å². The number of para-hydroxylation sites is 2. The van der Waals surface area contributed by atoms with Gasteiger partial charge in [-0.3, -0.25) is 4.79 Å². The fourth-order valence-corrected chi connectivity index (χ4v) is 1.94. The van der Waals surface area contributed by atoms with Gasteiger partial charge in [0, 0.05) is 6.54 Å². The zero-order valence-electron chi connectivity index (χ0n) is 11.7. The van der Waals surface area contributed by atoms with E-state index in [-0.39, 0.29) is 0 Å². The normalized spacial score (nSPS) is 10.1. The van der Waals surface area contributed by atoms with Crippen molar-refractivity contribution in [1.82, 2.24) is 0 Å². The van der Waals surface area contributed by atoms with Crippen LogP contribution in [0.15, 0.2) is 48.5 Å². The second-order valence-corrected chi connectivity index (χ2v) is 4.57. The Bertz CT molecular complexity index is 600. The van der Waals surface area contributed by atoms with Gasteiger partial charge in [0.25, 0.3) is 5.91 Å². The molecule has 0 aliphatic heterocycles. The smallest absolute Gasteiger partial charge is 0.250 e. The van der Waals surface area contributed by atoms with Crippen molar-refractivity contribution < 1.29 is 9.53 Å². The van der Waals surface area contributed by atoms with Gasteiger partial charge < -0.3 is 21.5 Å². The van der Waals surface area contributed by atoms with Crippen LogP contribution in [0, 0.1) is 0 Å². The van der Waals surface area contributed by atoms with Crippen LogP contribution < -0.4 is 21.5 Å². The van der Waals surface area contributed by atoms with Gasteiger partial charge in [0.1, 0.15) is 5.75 Å². The molecule has 2 aromatic carbocycles. The lowest BCUT2D eigenvalue weighted by Crippen LogP contribution is -2.15. The largest absolute Gasteiger partial charge is 0.494 e. The van der Waals surface area contributed by atoms with Crippen molar-refractivity contribution in [2.45, 2.75) is 6.42 Å². The van der Waals surface area contributed by atoms with Crippen LogP contribution >= 0.6 is 0 Å². The van der Waals surface area contributed by atoms with Crippen LogP contribution in [0.2, 0.25) is 0 Å². The Hall–Kier alpha value is -2.69. The number of hydrogen-bond acceptors (Lipinski definition) is 4. The molecule has 110 valence electrons. The Labute approximate surface area is 123 Å². The second kappa shape index (κ2) is 7.19. The van der Waals surface area contributed by atoms with Gasteiger partial charge in [0.05, 0.1) is 23.5 Å². The molecular weight excluding hydrogens is 266 g/mol. The van der Waals surface area contributed by atoms with Crippen LogP contribution in [0.1, 0.15) is 16.8 Å². The summed E-state index contributed by atoms with van der Waals surface area (Å²) in [6, 6.07) is 14.8. The third-order valence-corrected chi connectivity index (χ3v) is 3.02. The quantitative estimate of drug-likeness (QED) is 0.537. The van der Waals surface area contributed by atoms with Gasteiger partial charge in [-0.05, 0) is 30.7 Å². The molecule has 0 aliphatic rings. The predicted octanol–water partition coefficient (Wildman–Crippen LogP) is 2.25. The summed E-state index contributed by atoms with van der Waals surface area (Å²) in [5.41, 5.74) is 12.6. The minimum atomic E-state index is -0.524. The maximum atomic E-state index is 11.2.